The van der Waals surface area contributed by atoms with Gasteiger partial charge in [-0.05, 0) is 65.6 Å². The molecule has 1 aliphatic carbocycles. The first kappa shape index (κ1) is 30.7. The zero-order valence-electron chi connectivity index (χ0n) is 24.0. The van der Waals surface area contributed by atoms with Gasteiger partial charge in [-0.1, -0.05) is 18.2 Å². The topological polar surface area (TPSA) is 135 Å². The van der Waals surface area contributed by atoms with Gasteiger partial charge < -0.3 is 29.1 Å². The average Bonchev–Trinajstić information content (AvgIpc) is 3.24. The molecule has 1 N–H and O–H groups in total. The minimum absolute atomic E-state index is 0.168. The number of carbonyl (C=O) groups excluding carboxylic acids is 1. The van der Waals surface area contributed by atoms with Gasteiger partial charge in [-0.15, -0.1) is 21.9 Å². The first-order valence-corrected chi connectivity index (χ1v) is 14.2. The molecule has 12 heteroatoms. The smallest absolute Gasteiger partial charge is 0.294 e. The monoisotopic (exact) mass is 596 g/mol. The lowest BCUT2D eigenvalue weighted by Gasteiger charge is -2.23. The van der Waals surface area contributed by atoms with Crippen molar-refractivity contribution < 1.29 is 33.7 Å². The summed E-state index contributed by atoms with van der Waals surface area (Å²) in [5.41, 5.74) is 4.53. The van der Waals surface area contributed by atoms with Gasteiger partial charge in [0, 0.05) is 23.8 Å². The summed E-state index contributed by atoms with van der Waals surface area (Å²) >= 11 is 1.34. The van der Waals surface area contributed by atoms with Gasteiger partial charge in [0.2, 0.25) is 5.75 Å². The number of methoxy groups -OCH3 is 4. The van der Waals surface area contributed by atoms with Crippen LogP contribution in [0.5, 0.6) is 17.2 Å². The summed E-state index contributed by atoms with van der Waals surface area (Å²) in [5, 5.41) is 12.7. The van der Waals surface area contributed by atoms with Crippen LogP contribution >= 0.6 is 11.8 Å². The predicted molar refractivity (Wildman–Crippen MR) is 157 cm³/mol. The van der Waals surface area contributed by atoms with Crippen molar-refractivity contribution in [1.82, 2.24) is 5.32 Å². The Balaban J connectivity index is 1.87. The van der Waals surface area contributed by atoms with Crippen molar-refractivity contribution in [2.45, 2.75) is 37.0 Å². The van der Waals surface area contributed by atoms with E-state index in [0.717, 1.165) is 16.7 Å². The second kappa shape index (κ2) is 13.6. The highest BCUT2D eigenvalue weighted by atomic mass is 32.2. The molecule has 0 saturated heterocycles. The van der Waals surface area contributed by atoms with Crippen molar-refractivity contribution in [1.29, 1.82) is 0 Å². The van der Waals surface area contributed by atoms with Gasteiger partial charge in [0.05, 0.1) is 38.9 Å². The van der Waals surface area contributed by atoms with E-state index in [1.807, 2.05) is 12.3 Å². The molecule has 0 heterocycles. The molecule has 0 aromatic heterocycles. The second-order valence-electron chi connectivity index (χ2n) is 9.40. The minimum Gasteiger partial charge on any atom is -0.492 e. The number of rotatable bonds is 11. The Morgan fingerprint density at radius 1 is 1.00 bits per heavy atom. The van der Waals surface area contributed by atoms with Crippen molar-refractivity contribution in [3.8, 4) is 28.4 Å². The van der Waals surface area contributed by atoms with Crippen molar-refractivity contribution >= 4 is 17.7 Å². The molecule has 1 aliphatic rings. The molecule has 1 atom stereocenters. The first-order chi connectivity index (χ1) is 20.3. The first-order valence-electron chi connectivity index (χ1n) is 13.0. The molecule has 0 aliphatic heterocycles. The van der Waals surface area contributed by atoms with Gasteiger partial charge >= 0.3 is 0 Å². The van der Waals surface area contributed by atoms with Crippen LogP contribution in [-0.2, 0) is 29.2 Å². The maximum Gasteiger partial charge on any atom is 0.294 e. The summed E-state index contributed by atoms with van der Waals surface area (Å²) in [6.45, 7) is 0.0226. The number of ether oxygens (including phenoxy) is 4. The van der Waals surface area contributed by atoms with E-state index in [0.29, 0.717) is 57.2 Å². The third-order valence-electron chi connectivity index (χ3n) is 7.13. The molecule has 3 aromatic carbocycles. The number of hydrogen-bond donors (Lipinski definition) is 1. The van der Waals surface area contributed by atoms with Gasteiger partial charge in [0.15, 0.2) is 16.9 Å². The van der Waals surface area contributed by atoms with Gasteiger partial charge in [0.1, 0.15) is 6.61 Å². The maximum absolute atomic E-state index is 13.4. The maximum atomic E-state index is 13.4. The number of nitrogens with one attached hydrogen (secondary N) is 1. The largest absolute Gasteiger partial charge is 0.492 e. The highest BCUT2D eigenvalue weighted by molar-refractivity contribution is 7.98. The summed E-state index contributed by atoms with van der Waals surface area (Å²) in [6.07, 6.45) is 2.81. The number of benzene rings is 2. The van der Waals surface area contributed by atoms with Crippen LogP contribution in [0, 0.1) is 10.1 Å². The van der Waals surface area contributed by atoms with E-state index in [2.05, 4.69) is 10.2 Å². The summed E-state index contributed by atoms with van der Waals surface area (Å²) in [6, 6.07) is 11.0. The fraction of sp³-hybridized carbons (Fsp3) is 0.333. The van der Waals surface area contributed by atoms with Crippen molar-refractivity contribution in [3.63, 3.8) is 0 Å². The molecule has 0 saturated carbocycles. The van der Waals surface area contributed by atoms with E-state index < -0.39 is 11.1 Å². The number of amides is 1. The van der Waals surface area contributed by atoms with Crippen molar-refractivity contribution in [2.75, 3.05) is 34.7 Å². The van der Waals surface area contributed by atoms with Crippen LogP contribution in [0.1, 0.15) is 45.1 Å². The van der Waals surface area contributed by atoms with Crippen LogP contribution in [0.2, 0.25) is 0 Å². The number of nitrogens with zero attached hydrogens (tertiary/aromatic N) is 1. The molecule has 4 rings (SSSR count). The third kappa shape index (κ3) is 6.14. The molecule has 0 radical (unpaired) electrons. The van der Waals surface area contributed by atoms with Crippen LogP contribution in [0.3, 0.4) is 0 Å². The molecular formula is C30H32N2O9S. The fourth-order valence-corrected chi connectivity index (χ4v) is 5.72. The molecule has 3 aromatic rings. The Hall–Kier alpha value is -4.29. The van der Waals surface area contributed by atoms with E-state index in [-0.39, 0.29) is 24.5 Å². The van der Waals surface area contributed by atoms with Crippen LogP contribution in [0.15, 0.2) is 52.2 Å². The number of hydrogen-bond acceptors (Lipinski definition) is 10. The molecule has 0 unspecified atom stereocenters. The SMILES string of the molecule is COCc1c2c(c(OC)c(OC)c1OC)-c1ccc(SC)c(=O)cc1[C@@H](NC(=O)c1ccc(CO[N+](=O)[O-])cc1)CC2. The van der Waals surface area contributed by atoms with Crippen LogP contribution < -0.4 is 25.0 Å². The standard InChI is InChI=1S/C30H32N2O9S/c1-37-16-22-20-10-12-23(31-30(34)18-8-6-17(7-9-18)15-41-32(35)36)21-14-24(33)25(42-5)13-11-19(21)26(20)28(39-3)29(40-4)27(22)38-2/h6-9,11,13-14,23H,10,12,15-16H2,1-5H3,(H,31,34)/t23-/m0/s1. The lowest BCUT2D eigenvalue weighted by Crippen LogP contribution is -2.29. The number of fused-ring (bicyclic) bond motifs is 3. The zero-order valence-corrected chi connectivity index (χ0v) is 24.8. The molecule has 0 spiro atoms. The van der Waals surface area contributed by atoms with Crippen LogP contribution in [0.25, 0.3) is 11.1 Å². The average molecular weight is 597 g/mol. The fourth-order valence-electron chi connectivity index (χ4n) is 5.26. The van der Waals surface area contributed by atoms with Gasteiger partial charge in [0.25, 0.3) is 11.0 Å². The van der Waals surface area contributed by atoms with Crippen LogP contribution in [0.4, 0.5) is 0 Å². The normalized spacial score (nSPS) is 13.7. The number of thioether (sulfide) groups is 1. The molecule has 42 heavy (non-hydrogen) atoms. The molecular weight excluding hydrogens is 564 g/mol. The van der Waals surface area contributed by atoms with Crippen LogP contribution in [-0.4, -0.2) is 45.7 Å². The summed E-state index contributed by atoms with van der Waals surface area (Å²) in [5.74, 6) is 0.991. The summed E-state index contributed by atoms with van der Waals surface area (Å²) in [4.78, 5) is 42.2. The lowest BCUT2D eigenvalue weighted by atomic mass is 9.91. The highest BCUT2D eigenvalue weighted by Gasteiger charge is 2.33. The Kier molecular flexibility index (Phi) is 9.92. The summed E-state index contributed by atoms with van der Waals surface area (Å²) < 4.78 is 23.0. The molecule has 0 fully saturated rings. The third-order valence-corrected chi connectivity index (χ3v) is 7.91. The predicted octanol–water partition coefficient (Wildman–Crippen LogP) is 4.73. The van der Waals surface area contributed by atoms with Crippen molar-refractivity contribution in [2.24, 2.45) is 0 Å². The Morgan fingerprint density at radius 2 is 1.69 bits per heavy atom. The zero-order chi connectivity index (χ0) is 30.4. The lowest BCUT2D eigenvalue weighted by molar-refractivity contribution is -0.763. The molecule has 1 amide bonds. The minimum atomic E-state index is -0.868. The quantitative estimate of drug-likeness (QED) is 0.188. The van der Waals surface area contributed by atoms with E-state index in [9.17, 15) is 19.7 Å². The molecule has 0 bridgehead atoms. The second-order valence-corrected chi connectivity index (χ2v) is 10.3. The van der Waals surface area contributed by atoms with Crippen molar-refractivity contribution in [3.05, 3.63) is 90.6 Å². The van der Waals surface area contributed by atoms with Gasteiger partial charge in [-0.2, -0.15) is 0 Å². The van der Waals surface area contributed by atoms with Gasteiger partial charge in [-0.3, -0.25) is 9.59 Å². The number of carbonyl (C=O) groups is 1. The Labute approximate surface area is 247 Å². The summed E-state index contributed by atoms with van der Waals surface area (Å²) in [7, 11) is 6.23. The molecule has 222 valence electrons. The molecule has 11 nitrogen and oxygen atoms in total. The highest BCUT2D eigenvalue weighted by Crippen LogP contribution is 2.52. The van der Waals surface area contributed by atoms with E-state index in [4.69, 9.17) is 18.9 Å². The Bertz CT molecular complexity index is 1540. The Morgan fingerprint density at radius 3 is 2.29 bits per heavy atom. The van der Waals surface area contributed by atoms with E-state index in [1.54, 1.807) is 57.7 Å². The van der Waals surface area contributed by atoms with Gasteiger partial charge in [-0.25, -0.2) is 0 Å². The van der Waals surface area contributed by atoms with E-state index >= 15 is 0 Å². The van der Waals surface area contributed by atoms with E-state index in [1.165, 1.54) is 18.9 Å².